The van der Waals surface area contributed by atoms with Gasteiger partial charge in [0.05, 0.1) is 13.7 Å². The van der Waals surface area contributed by atoms with Gasteiger partial charge in [0.1, 0.15) is 13.2 Å². The molecule has 3 aromatic rings. The molecule has 0 aliphatic carbocycles. The Bertz CT molecular complexity index is 1030. The van der Waals surface area contributed by atoms with Gasteiger partial charge in [0.15, 0.2) is 11.5 Å². The molecule has 0 aliphatic rings. The minimum atomic E-state index is -4.38. The number of methoxy groups -OCH3 is 1. The first kappa shape index (κ1) is 23.1. The van der Waals surface area contributed by atoms with Gasteiger partial charge in [0.2, 0.25) is 0 Å². The van der Waals surface area contributed by atoms with Gasteiger partial charge in [-0.05, 0) is 35.9 Å². The number of rotatable bonds is 9. The van der Waals surface area contributed by atoms with E-state index in [9.17, 15) is 18.0 Å². The molecule has 1 aromatic heterocycles. The third-order valence-electron chi connectivity index (χ3n) is 4.29. The van der Waals surface area contributed by atoms with Crippen LogP contribution in [-0.2, 0) is 18.0 Å². The van der Waals surface area contributed by atoms with E-state index < -0.39 is 12.8 Å². The van der Waals surface area contributed by atoms with Crippen LogP contribution in [0.2, 0.25) is 0 Å². The molecular formula is C23H21F3N2O4. The standard InChI is InChI=1S/C23H21F3N2O4/c1-30-20-9-8-19(11-21(20)32-14-17-3-2-10-27-12-17)28-22(29)18-6-4-16(5-7-18)13-31-15-23(24,25)26/h2-12H,13-15H2,1H3,(H,28,29). The van der Waals surface area contributed by atoms with Crippen molar-refractivity contribution in [2.45, 2.75) is 19.4 Å². The van der Waals surface area contributed by atoms with Crippen LogP contribution >= 0.6 is 0 Å². The molecule has 0 bridgehead atoms. The average Bonchev–Trinajstić information content (AvgIpc) is 2.78. The van der Waals surface area contributed by atoms with Gasteiger partial charge in [-0.3, -0.25) is 9.78 Å². The lowest BCUT2D eigenvalue weighted by Gasteiger charge is -2.13. The topological polar surface area (TPSA) is 69.7 Å². The van der Waals surface area contributed by atoms with Crippen molar-refractivity contribution in [2.75, 3.05) is 19.0 Å². The quantitative estimate of drug-likeness (QED) is 0.501. The molecule has 0 aliphatic heterocycles. The molecular weight excluding hydrogens is 425 g/mol. The van der Waals surface area contributed by atoms with Gasteiger partial charge in [-0.2, -0.15) is 13.2 Å². The van der Waals surface area contributed by atoms with Crippen LogP contribution in [0, 0.1) is 0 Å². The Morgan fingerprint density at radius 3 is 2.44 bits per heavy atom. The van der Waals surface area contributed by atoms with Crippen LogP contribution in [-0.4, -0.2) is 30.8 Å². The smallest absolute Gasteiger partial charge is 0.411 e. The van der Waals surface area contributed by atoms with Crippen molar-refractivity contribution in [2.24, 2.45) is 0 Å². The monoisotopic (exact) mass is 446 g/mol. The summed E-state index contributed by atoms with van der Waals surface area (Å²) in [6, 6.07) is 14.8. The van der Waals surface area contributed by atoms with Crippen LogP contribution in [0.3, 0.4) is 0 Å². The second-order valence-corrected chi connectivity index (χ2v) is 6.77. The fraction of sp³-hybridized carbons (Fsp3) is 0.217. The number of alkyl halides is 3. The van der Waals surface area contributed by atoms with Crippen molar-refractivity contribution >= 4 is 11.6 Å². The fourth-order valence-corrected chi connectivity index (χ4v) is 2.75. The highest BCUT2D eigenvalue weighted by Gasteiger charge is 2.27. The van der Waals surface area contributed by atoms with E-state index in [2.05, 4.69) is 15.0 Å². The summed E-state index contributed by atoms with van der Waals surface area (Å²) in [5.74, 6) is 0.581. The number of hydrogen-bond donors (Lipinski definition) is 1. The molecule has 0 fully saturated rings. The van der Waals surface area contributed by atoms with Crippen LogP contribution in [0.25, 0.3) is 0 Å². The van der Waals surface area contributed by atoms with Gasteiger partial charge < -0.3 is 19.5 Å². The van der Waals surface area contributed by atoms with E-state index in [1.165, 1.54) is 19.2 Å². The van der Waals surface area contributed by atoms with Crippen LogP contribution < -0.4 is 14.8 Å². The van der Waals surface area contributed by atoms with Gasteiger partial charge in [0, 0.05) is 35.3 Å². The van der Waals surface area contributed by atoms with Crippen molar-refractivity contribution in [1.82, 2.24) is 4.98 Å². The maximum absolute atomic E-state index is 12.5. The van der Waals surface area contributed by atoms with E-state index in [-0.39, 0.29) is 19.1 Å². The fourth-order valence-electron chi connectivity index (χ4n) is 2.75. The van der Waals surface area contributed by atoms with Crippen molar-refractivity contribution < 1.29 is 32.2 Å². The molecule has 9 heteroatoms. The predicted octanol–water partition coefficient (Wildman–Crippen LogP) is 5.00. The van der Waals surface area contributed by atoms with E-state index in [1.54, 1.807) is 48.8 Å². The molecule has 0 unspecified atom stereocenters. The molecule has 0 saturated heterocycles. The van der Waals surface area contributed by atoms with E-state index in [0.29, 0.717) is 28.3 Å². The third kappa shape index (κ3) is 6.98. The lowest BCUT2D eigenvalue weighted by atomic mass is 10.1. The van der Waals surface area contributed by atoms with E-state index in [1.807, 2.05) is 6.07 Å². The molecule has 168 valence electrons. The maximum atomic E-state index is 12.5. The number of pyridine rings is 1. The Hall–Kier alpha value is -3.59. The highest BCUT2D eigenvalue weighted by atomic mass is 19.4. The highest BCUT2D eigenvalue weighted by molar-refractivity contribution is 6.04. The number of ether oxygens (including phenoxy) is 3. The summed E-state index contributed by atoms with van der Waals surface area (Å²) < 4.78 is 52.2. The molecule has 32 heavy (non-hydrogen) atoms. The summed E-state index contributed by atoms with van der Waals surface area (Å²) in [4.78, 5) is 16.6. The van der Waals surface area contributed by atoms with Crippen molar-refractivity contribution in [3.05, 3.63) is 83.7 Å². The van der Waals surface area contributed by atoms with Crippen LogP contribution in [0.15, 0.2) is 67.0 Å². The Labute approximate surface area is 183 Å². The third-order valence-corrected chi connectivity index (χ3v) is 4.29. The summed E-state index contributed by atoms with van der Waals surface area (Å²) in [6.07, 6.45) is -1.02. The number of benzene rings is 2. The molecule has 1 heterocycles. The predicted molar refractivity (Wildman–Crippen MR) is 112 cm³/mol. The lowest BCUT2D eigenvalue weighted by Crippen LogP contribution is -2.16. The van der Waals surface area contributed by atoms with Crippen LogP contribution in [0.4, 0.5) is 18.9 Å². The summed E-state index contributed by atoms with van der Waals surface area (Å²) in [6.45, 7) is -1.24. The van der Waals surface area contributed by atoms with Crippen molar-refractivity contribution in [3.63, 3.8) is 0 Å². The Morgan fingerprint density at radius 2 is 1.78 bits per heavy atom. The average molecular weight is 446 g/mol. The highest BCUT2D eigenvalue weighted by Crippen LogP contribution is 2.31. The minimum Gasteiger partial charge on any atom is -0.493 e. The normalized spacial score (nSPS) is 11.1. The first-order chi connectivity index (χ1) is 15.3. The SMILES string of the molecule is COc1ccc(NC(=O)c2ccc(COCC(F)(F)F)cc2)cc1OCc1cccnc1. The molecule has 1 N–H and O–H groups in total. The molecule has 0 radical (unpaired) electrons. The number of nitrogens with zero attached hydrogens (tertiary/aromatic N) is 1. The number of amides is 1. The minimum absolute atomic E-state index is 0.197. The first-order valence-corrected chi connectivity index (χ1v) is 9.58. The Morgan fingerprint density at radius 1 is 1.00 bits per heavy atom. The number of aromatic nitrogens is 1. The second kappa shape index (κ2) is 10.6. The molecule has 0 atom stereocenters. The molecule has 1 amide bonds. The molecule has 3 rings (SSSR count). The van der Waals surface area contributed by atoms with E-state index in [0.717, 1.165) is 5.56 Å². The zero-order valence-electron chi connectivity index (χ0n) is 17.2. The summed E-state index contributed by atoms with van der Waals surface area (Å²) in [5.41, 5.74) is 2.25. The molecule has 2 aromatic carbocycles. The number of halogens is 3. The number of anilines is 1. The Kier molecular flexibility index (Phi) is 7.67. The van der Waals surface area contributed by atoms with Gasteiger partial charge in [0.25, 0.3) is 5.91 Å². The number of carbonyl (C=O) groups is 1. The number of hydrogen-bond acceptors (Lipinski definition) is 5. The first-order valence-electron chi connectivity index (χ1n) is 9.58. The largest absolute Gasteiger partial charge is 0.493 e. The van der Waals surface area contributed by atoms with Crippen LogP contribution in [0.1, 0.15) is 21.5 Å². The molecule has 0 saturated carbocycles. The van der Waals surface area contributed by atoms with Gasteiger partial charge >= 0.3 is 6.18 Å². The summed E-state index contributed by atoms with van der Waals surface area (Å²) in [5, 5.41) is 2.76. The second-order valence-electron chi connectivity index (χ2n) is 6.77. The number of nitrogens with one attached hydrogen (secondary N) is 1. The van der Waals surface area contributed by atoms with Gasteiger partial charge in [-0.25, -0.2) is 0 Å². The molecule has 0 spiro atoms. The van der Waals surface area contributed by atoms with Crippen molar-refractivity contribution in [3.8, 4) is 11.5 Å². The lowest BCUT2D eigenvalue weighted by molar-refractivity contribution is -0.176. The van der Waals surface area contributed by atoms with Gasteiger partial charge in [-0.1, -0.05) is 18.2 Å². The zero-order valence-corrected chi connectivity index (χ0v) is 17.2. The van der Waals surface area contributed by atoms with Crippen LogP contribution in [0.5, 0.6) is 11.5 Å². The molecule has 6 nitrogen and oxygen atoms in total. The van der Waals surface area contributed by atoms with E-state index >= 15 is 0 Å². The van der Waals surface area contributed by atoms with Gasteiger partial charge in [-0.15, -0.1) is 0 Å². The van der Waals surface area contributed by atoms with Crippen molar-refractivity contribution in [1.29, 1.82) is 0 Å². The summed E-state index contributed by atoms with van der Waals surface area (Å²) >= 11 is 0. The summed E-state index contributed by atoms with van der Waals surface area (Å²) in [7, 11) is 1.52. The maximum Gasteiger partial charge on any atom is 0.411 e. The van der Waals surface area contributed by atoms with E-state index in [4.69, 9.17) is 9.47 Å². The number of carbonyl (C=O) groups excluding carboxylic acids is 1. The Balaban J connectivity index is 1.61. The zero-order chi connectivity index (χ0) is 23.0.